The Morgan fingerprint density at radius 3 is 2.68 bits per heavy atom. The molecule has 1 aromatic carbocycles. The average Bonchev–Trinajstić information content (AvgIpc) is 3.61. The zero-order valence-corrected chi connectivity index (χ0v) is 22.8. The molecule has 2 aliphatic carbocycles. The van der Waals surface area contributed by atoms with Crippen molar-refractivity contribution in [2.45, 2.75) is 82.7 Å². The van der Waals surface area contributed by atoms with Crippen molar-refractivity contribution in [1.82, 2.24) is 4.90 Å². The lowest BCUT2D eigenvalue weighted by Gasteiger charge is -2.40. The summed E-state index contributed by atoms with van der Waals surface area (Å²) in [6.45, 7) is 6.94. The summed E-state index contributed by atoms with van der Waals surface area (Å²) < 4.78 is 12.5. The van der Waals surface area contributed by atoms with Gasteiger partial charge in [-0.15, -0.1) is 17.9 Å². The number of benzene rings is 1. The Kier molecular flexibility index (Phi) is 6.52. The first-order chi connectivity index (χ1) is 18.0. The number of likely N-dealkylation sites (tertiary alicyclic amines) is 1. The van der Waals surface area contributed by atoms with Crippen LogP contribution in [-0.2, 0) is 16.1 Å². The highest BCUT2D eigenvalue weighted by molar-refractivity contribution is 7.09. The van der Waals surface area contributed by atoms with E-state index < -0.39 is 11.1 Å². The molecule has 5 nitrogen and oxygen atoms in total. The van der Waals surface area contributed by atoms with E-state index in [0.717, 1.165) is 30.7 Å². The second-order valence-corrected chi connectivity index (χ2v) is 12.5. The molecular formula is C31H38N2O3S. The first-order valence-corrected chi connectivity index (χ1v) is 14.7. The second-order valence-electron chi connectivity index (χ2n) is 11.4. The molecule has 1 amide bonds. The van der Waals surface area contributed by atoms with Crippen molar-refractivity contribution in [1.29, 1.82) is 0 Å². The number of carbonyl (C=O) groups is 1. The van der Waals surface area contributed by atoms with Crippen LogP contribution in [0.3, 0.4) is 0 Å². The molecule has 1 aromatic heterocycles. The van der Waals surface area contributed by atoms with Crippen LogP contribution >= 0.6 is 11.3 Å². The number of fused-ring (bicyclic) bond motifs is 1. The van der Waals surface area contributed by atoms with Crippen molar-refractivity contribution in [3.8, 4) is 5.75 Å². The van der Waals surface area contributed by atoms with E-state index in [9.17, 15) is 4.79 Å². The molecule has 3 heterocycles. The summed E-state index contributed by atoms with van der Waals surface area (Å²) >= 11 is 1.70. The van der Waals surface area contributed by atoms with Crippen LogP contribution in [0.1, 0.15) is 74.6 Å². The topological polar surface area (TPSA) is 51.1 Å². The molecule has 2 bridgehead atoms. The van der Waals surface area contributed by atoms with Crippen LogP contribution in [0.2, 0.25) is 0 Å². The lowest BCUT2D eigenvalue weighted by molar-refractivity contribution is -0.156. The molecule has 1 saturated heterocycles. The molecule has 196 valence electrons. The van der Waals surface area contributed by atoms with Crippen molar-refractivity contribution >= 4 is 23.0 Å². The molecule has 4 aliphatic rings. The lowest BCUT2D eigenvalue weighted by atomic mass is 9.66. The van der Waals surface area contributed by atoms with Crippen LogP contribution in [0.4, 0.5) is 0 Å². The van der Waals surface area contributed by atoms with Gasteiger partial charge in [0.05, 0.1) is 24.8 Å². The first-order valence-electron chi connectivity index (χ1n) is 13.8. The van der Waals surface area contributed by atoms with Crippen molar-refractivity contribution in [2.24, 2.45) is 22.2 Å². The largest absolute Gasteiger partial charge is 0.497 e. The first kappa shape index (κ1) is 24.9. The minimum absolute atomic E-state index is 0.113. The third kappa shape index (κ3) is 3.99. The molecule has 2 saturated carbocycles. The van der Waals surface area contributed by atoms with Crippen molar-refractivity contribution in [3.63, 3.8) is 0 Å². The Bertz CT molecular complexity index is 1170. The molecule has 6 heteroatoms. The smallest absolute Gasteiger partial charge is 0.232 e. The van der Waals surface area contributed by atoms with Crippen molar-refractivity contribution < 1.29 is 14.3 Å². The molecule has 5 atom stereocenters. The molecule has 0 N–H and O–H groups in total. The van der Waals surface area contributed by atoms with Gasteiger partial charge in [-0.1, -0.05) is 50.5 Å². The zero-order valence-electron chi connectivity index (χ0n) is 22.0. The van der Waals surface area contributed by atoms with Gasteiger partial charge in [-0.05, 0) is 66.7 Å². The maximum Gasteiger partial charge on any atom is 0.232 e. The quantitative estimate of drug-likeness (QED) is 0.373. The summed E-state index contributed by atoms with van der Waals surface area (Å²) in [5.74, 6) is 1.77. The molecular weight excluding hydrogens is 480 g/mol. The van der Waals surface area contributed by atoms with E-state index in [1.807, 2.05) is 18.2 Å². The van der Waals surface area contributed by atoms with E-state index in [1.165, 1.54) is 29.7 Å². The minimum Gasteiger partial charge on any atom is -0.497 e. The Labute approximate surface area is 224 Å². The van der Waals surface area contributed by atoms with Gasteiger partial charge in [-0.3, -0.25) is 9.79 Å². The Hall–Kier alpha value is -2.44. The normalized spacial score (nSPS) is 33.7. The SMILES string of the molecule is C=CC[C@]12C[C@@]3(O[C@H](C4CCCCC4)N=C3C[C@H](c3ccc(OC)cc3)[C@H]1C)N(Cc1cccs1)C2=O. The third-order valence-corrected chi connectivity index (χ3v) is 10.5. The predicted octanol–water partition coefficient (Wildman–Crippen LogP) is 6.95. The highest BCUT2D eigenvalue weighted by Crippen LogP contribution is 2.61. The van der Waals surface area contributed by atoms with Crippen LogP contribution in [0.5, 0.6) is 5.75 Å². The third-order valence-electron chi connectivity index (χ3n) is 9.60. The number of aliphatic imine (C=N–C) groups is 1. The highest BCUT2D eigenvalue weighted by Gasteiger charge is 2.69. The molecule has 1 spiro atoms. The maximum absolute atomic E-state index is 14.6. The summed E-state index contributed by atoms with van der Waals surface area (Å²) in [6, 6.07) is 12.6. The van der Waals surface area contributed by atoms with E-state index in [0.29, 0.717) is 25.3 Å². The highest BCUT2D eigenvalue weighted by atomic mass is 32.1. The number of ether oxygens (including phenoxy) is 2. The summed E-state index contributed by atoms with van der Waals surface area (Å²) in [7, 11) is 1.70. The molecule has 2 aromatic rings. The number of methoxy groups -OCH3 is 1. The lowest BCUT2D eigenvalue weighted by Crippen LogP contribution is -2.53. The molecule has 3 fully saturated rings. The predicted molar refractivity (Wildman–Crippen MR) is 148 cm³/mol. The van der Waals surface area contributed by atoms with Gasteiger partial charge in [0.1, 0.15) is 5.75 Å². The minimum atomic E-state index is -0.762. The fourth-order valence-corrected chi connectivity index (χ4v) is 8.21. The van der Waals surface area contributed by atoms with Gasteiger partial charge in [0.2, 0.25) is 5.91 Å². The Balaban J connectivity index is 1.46. The van der Waals surface area contributed by atoms with Gasteiger partial charge >= 0.3 is 0 Å². The fraction of sp³-hybridized carbons (Fsp3) is 0.548. The van der Waals surface area contributed by atoms with Gasteiger partial charge in [0.15, 0.2) is 12.0 Å². The number of thiophene rings is 1. The molecule has 6 rings (SSSR count). The van der Waals surface area contributed by atoms with Gasteiger partial charge in [0.25, 0.3) is 0 Å². The van der Waals surface area contributed by atoms with Gasteiger partial charge in [0, 0.05) is 17.2 Å². The monoisotopic (exact) mass is 518 g/mol. The zero-order chi connectivity index (χ0) is 25.6. The Morgan fingerprint density at radius 1 is 1.22 bits per heavy atom. The number of carbonyl (C=O) groups excluding carboxylic acids is 1. The van der Waals surface area contributed by atoms with Crippen LogP contribution < -0.4 is 4.74 Å². The number of rotatable bonds is 7. The summed E-state index contributed by atoms with van der Waals surface area (Å²) in [5.41, 5.74) is 0.981. The number of amides is 1. The molecule has 0 unspecified atom stereocenters. The second kappa shape index (κ2) is 9.70. The van der Waals surface area contributed by atoms with Gasteiger partial charge < -0.3 is 14.4 Å². The standard InChI is InChI=1S/C31H38N2O3S/c1-4-16-30-20-31(33(29(30)34)19-25-11-8-17-37-25)27(32-28(36-31)23-9-6-5-7-10-23)18-26(21(30)2)22-12-14-24(35-3)15-13-22/h4,8,11-15,17,21,23,26,28H,1,5-7,9-10,16,18-20H2,2-3H3/t21-,26+,28-,30+,31+/m1/s1. The number of hydrogen-bond donors (Lipinski definition) is 0. The van der Waals surface area contributed by atoms with Crippen LogP contribution in [0.25, 0.3) is 0 Å². The number of hydrogen-bond acceptors (Lipinski definition) is 5. The number of nitrogens with zero attached hydrogens (tertiary/aromatic N) is 2. The van der Waals surface area contributed by atoms with Crippen LogP contribution in [0, 0.1) is 17.3 Å². The fourth-order valence-electron chi connectivity index (χ4n) is 7.52. The molecule has 2 aliphatic heterocycles. The maximum atomic E-state index is 14.6. The van der Waals surface area contributed by atoms with Crippen LogP contribution in [-0.4, -0.2) is 35.6 Å². The Morgan fingerprint density at radius 2 is 2.00 bits per heavy atom. The number of allylic oxidation sites excluding steroid dienone is 1. The molecule has 37 heavy (non-hydrogen) atoms. The van der Waals surface area contributed by atoms with E-state index >= 15 is 0 Å². The molecule has 0 radical (unpaired) electrons. The van der Waals surface area contributed by atoms with Crippen molar-refractivity contribution in [3.05, 3.63) is 64.9 Å². The summed E-state index contributed by atoms with van der Waals surface area (Å²) in [4.78, 5) is 23.2. The van der Waals surface area contributed by atoms with Crippen LogP contribution in [0.15, 0.2) is 59.4 Å². The summed E-state index contributed by atoms with van der Waals surface area (Å²) in [5, 5.41) is 2.09. The van der Waals surface area contributed by atoms with E-state index in [1.54, 1.807) is 18.4 Å². The van der Waals surface area contributed by atoms with Crippen molar-refractivity contribution in [2.75, 3.05) is 7.11 Å². The van der Waals surface area contributed by atoms with E-state index in [4.69, 9.17) is 14.5 Å². The average molecular weight is 519 g/mol. The summed E-state index contributed by atoms with van der Waals surface area (Å²) in [6.07, 6.45) is 10.0. The van der Waals surface area contributed by atoms with E-state index in [-0.39, 0.29) is 24.0 Å². The van der Waals surface area contributed by atoms with Gasteiger partial charge in [-0.25, -0.2) is 0 Å². The van der Waals surface area contributed by atoms with E-state index in [2.05, 4.69) is 48.0 Å². The van der Waals surface area contributed by atoms with Gasteiger partial charge in [-0.2, -0.15) is 0 Å².